The summed E-state index contributed by atoms with van der Waals surface area (Å²) in [6.45, 7) is 2.72. The molecule has 0 bridgehead atoms. The lowest BCUT2D eigenvalue weighted by atomic mass is 10.1. The van der Waals surface area contributed by atoms with Gasteiger partial charge in [0.25, 0.3) is 5.91 Å². The van der Waals surface area contributed by atoms with Crippen LogP contribution in [0.25, 0.3) is 0 Å². The molecule has 0 saturated carbocycles. The summed E-state index contributed by atoms with van der Waals surface area (Å²) in [7, 11) is 4.07. The standard InChI is InChI=1S/C17H20BrN3OS/c1-21(2)10-11-3-4-13(8-14(11)18)20-17(22)16-7-12-9-19-6-5-15(12)23-16/h3-4,7-8,19H,5-6,9-10H2,1-2H3,(H,20,22). The number of hydrogen-bond donors (Lipinski definition) is 2. The van der Waals surface area contributed by atoms with Gasteiger partial charge in [-0.15, -0.1) is 11.3 Å². The molecule has 1 aromatic carbocycles. The summed E-state index contributed by atoms with van der Waals surface area (Å²) in [6, 6.07) is 7.97. The predicted molar refractivity (Wildman–Crippen MR) is 99.2 cm³/mol. The number of amides is 1. The summed E-state index contributed by atoms with van der Waals surface area (Å²) in [5.41, 5.74) is 3.27. The van der Waals surface area contributed by atoms with Crippen LogP contribution in [0.4, 0.5) is 5.69 Å². The predicted octanol–water partition coefficient (Wildman–Crippen LogP) is 3.47. The summed E-state index contributed by atoms with van der Waals surface area (Å²) >= 11 is 5.19. The summed E-state index contributed by atoms with van der Waals surface area (Å²) in [4.78, 5) is 16.7. The molecule has 0 fully saturated rings. The molecule has 0 aliphatic carbocycles. The van der Waals surface area contributed by atoms with E-state index in [9.17, 15) is 4.79 Å². The first-order chi connectivity index (χ1) is 11.0. The van der Waals surface area contributed by atoms with E-state index >= 15 is 0 Å². The molecule has 6 heteroatoms. The lowest BCUT2D eigenvalue weighted by molar-refractivity contribution is 0.103. The average molecular weight is 394 g/mol. The zero-order valence-corrected chi connectivity index (χ0v) is 15.7. The molecule has 23 heavy (non-hydrogen) atoms. The highest BCUT2D eigenvalue weighted by atomic mass is 79.9. The molecule has 2 N–H and O–H groups in total. The van der Waals surface area contributed by atoms with Crippen LogP contribution in [0.5, 0.6) is 0 Å². The fourth-order valence-corrected chi connectivity index (χ4v) is 4.23. The first-order valence-corrected chi connectivity index (χ1v) is 9.20. The average Bonchev–Trinajstić information content (AvgIpc) is 2.94. The van der Waals surface area contributed by atoms with Gasteiger partial charge in [0, 0.05) is 34.7 Å². The number of benzene rings is 1. The maximum absolute atomic E-state index is 12.5. The van der Waals surface area contributed by atoms with E-state index < -0.39 is 0 Å². The number of hydrogen-bond acceptors (Lipinski definition) is 4. The zero-order valence-electron chi connectivity index (χ0n) is 13.3. The van der Waals surface area contributed by atoms with Crippen LogP contribution in [0.1, 0.15) is 25.7 Å². The van der Waals surface area contributed by atoms with E-state index in [1.807, 2.05) is 38.4 Å². The molecule has 1 aliphatic heterocycles. The van der Waals surface area contributed by atoms with Crippen LogP contribution in [0.15, 0.2) is 28.7 Å². The van der Waals surface area contributed by atoms with E-state index in [-0.39, 0.29) is 5.91 Å². The number of fused-ring (bicyclic) bond motifs is 1. The Morgan fingerprint density at radius 3 is 2.91 bits per heavy atom. The highest BCUT2D eigenvalue weighted by Gasteiger charge is 2.17. The second-order valence-electron chi connectivity index (χ2n) is 5.98. The number of carbonyl (C=O) groups is 1. The minimum atomic E-state index is -0.0309. The summed E-state index contributed by atoms with van der Waals surface area (Å²) in [5, 5.41) is 6.33. The van der Waals surface area contributed by atoms with Crippen LogP contribution in [-0.4, -0.2) is 31.4 Å². The van der Waals surface area contributed by atoms with Gasteiger partial charge in [-0.05, 0) is 49.8 Å². The van der Waals surface area contributed by atoms with Gasteiger partial charge in [-0.25, -0.2) is 0 Å². The topological polar surface area (TPSA) is 44.4 Å². The normalized spacial score (nSPS) is 13.9. The first kappa shape index (κ1) is 16.6. The third-order valence-corrected chi connectivity index (χ3v) is 5.74. The Balaban J connectivity index is 1.72. The van der Waals surface area contributed by atoms with Crippen molar-refractivity contribution in [1.82, 2.24) is 10.2 Å². The van der Waals surface area contributed by atoms with Crippen LogP contribution in [0, 0.1) is 0 Å². The number of anilines is 1. The number of nitrogens with one attached hydrogen (secondary N) is 2. The molecule has 1 aliphatic rings. The molecule has 3 rings (SSSR count). The lowest BCUT2D eigenvalue weighted by Crippen LogP contribution is -2.21. The van der Waals surface area contributed by atoms with Gasteiger partial charge in [-0.2, -0.15) is 0 Å². The first-order valence-electron chi connectivity index (χ1n) is 7.60. The molecule has 2 heterocycles. The van der Waals surface area contributed by atoms with Gasteiger partial charge >= 0.3 is 0 Å². The van der Waals surface area contributed by atoms with Gasteiger partial charge in [-0.1, -0.05) is 22.0 Å². The van der Waals surface area contributed by atoms with E-state index in [1.54, 1.807) is 11.3 Å². The van der Waals surface area contributed by atoms with Crippen molar-refractivity contribution in [3.63, 3.8) is 0 Å². The van der Waals surface area contributed by atoms with Crippen LogP contribution < -0.4 is 10.6 Å². The molecule has 4 nitrogen and oxygen atoms in total. The van der Waals surface area contributed by atoms with Gasteiger partial charge in [0.05, 0.1) is 4.88 Å². The van der Waals surface area contributed by atoms with Gasteiger partial charge in [0.2, 0.25) is 0 Å². The van der Waals surface area contributed by atoms with Crippen LogP contribution in [0.2, 0.25) is 0 Å². The molecule has 1 amide bonds. The van der Waals surface area contributed by atoms with Crippen LogP contribution in [0.3, 0.4) is 0 Å². The quantitative estimate of drug-likeness (QED) is 0.835. The van der Waals surface area contributed by atoms with E-state index in [1.165, 1.54) is 16.0 Å². The molecule has 0 unspecified atom stereocenters. The third kappa shape index (κ3) is 4.01. The number of thiophene rings is 1. The lowest BCUT2D eigenvalue weighted by Gasteiger charge is -2.12. The molecule has 0 atom stereocenters. The second-order valence-corrected chi connectivity index (χ2v) is 7.98. The van der Waals surface area contributed by atoms with Crippen molar-refractivity contribution in [3.05, 3.63) is 49.6 Å². The molecule has 1 aromatic heterocycles. The smallest absolute Gasteiger partial charge is 0.265 e. The molecule has 0 saturated heterocycles. The van der Waals surface area contributed by atoms with Crippen molar-refractivity contribution in [2.75, 3.05) is 26.0 Å². The van der Waals surface area contributed by atoms with Gasteiger partial charge in [0.1, 0.15) is 0 Å². The van der Waals surface area contributed by atoms with E-state index in [0.717, 1.165) is 41.1 Å². The molecule has 2 aromatic rings. The Morgan fingerprint density at radius 2 is 2.22 bits per heavy atom. The minimum absolute atomic E-state index is 0.0309. The summed E-state index contributed by atoms with van der Waals surface area (Å²) in [5.74, 6) is -0.0309. The van der Waals surface area contributed by atoms with Gasteiger partial charge < -0.3 is 15.5 Å². The molecule has 0 spiro atoms. The Bertz CT molecular complexity index is 703. The number of halogens is 1. The fourth-order valence-electron chi connectivity index (χ4n) is 2.65. The molecule has 122 valence electrons. The van der Waals surface area contributed by atoms with E-state index in [4.69, 9.17) is 0 Å². The highest BCUT2D eigenvalue weighted by Crippen LogP contribution is 2.27. The van der Waals surface area contributed by atoms with Crippen LogP contribution in [-0.2, 0) is 19.5 Å². The summed E-state index contributed by atoms with van der Waals surface area (Å²) in [6.07, 6.45) is 1.01. The second kappa shape index (κ2) is 7.13. The Kier molecular flexibility index (Phi) is 5.16. The number of rotatable bonds is 4. The number of nitrogens with zero attached hydrogens (tertiary/aromatic N) is 1. The molecular weight excluding hydrogens is 374 g/mol. The minimum Gasteiger partial charge on any atom is -0.321 e. The maximum atomic E-state index is 12.5. The largest absolute Gasteiger partial charge is 0.321 e. The van der Waals surface area contributed by atoms with Crippen molar-refractivity contribution in [1.29, 1.82) is 0 Å². The fraction of sp³-hybridized carbons (Fsp3) is 0.353. The van der Waals surface area contributed by atoms with Gasteiger partial charge in [0.15, 0.2) is 0 Å². The van der Waals surface area contributed by atoms with E-state index in [2.05, 4.69) is 31.5 Å². The zero-order chi connectivity index (χ0) is 16.4. The van der Waals surface area contributed by atoms with Crippen molar-refractivity contribution in [2.24, 2.45) is 0 Å². The van der Waals surface area contributed by atoms with E-state index in [0.29, 0.717) is 0 Å². The maximum Gasteiger partial charge on any atom is 0.265 e. The third-order valence-electron chi connectivity index (χ3n) is 3.76. The highest BCUT2D eigenvalue weighted by molar-refractivity contribution is 9.10. The van der Waals surface area contributed by atoms with Crippen molar-refractivity contribution < 1.29 is 4.79 Å². The number of carbonyl (C=O) groups excluding carboxylic acids is 1. The van der Waals surface area contributed by atoms with Crippen molar-refractivity contribution in [2.45, 2.75) is 19.5 Å². The molecular formula is C17H20BrN3OS. The van der Waals surface area contributed by atoms with Crippen molar-refractivity contribution >= 4 is 38.9 Å². The van der Waals surface area contributed by atoms with Crippen molar-refractivity contribution in [3.8, 4) is 0 Å². The Labute approximate surface area is 149 Å². The monoisotopic (exact) mass is 393 g/mol. The summed E-state index contributed by atoms with van der Waals surface area (Å²) < 4.78 is 1.01. The SMILES string of the molecule is CN(C)Cc1ccc(NC(=O)c2cc3c(s2)CCNC3)cc1Br. The Hall–Kier alpha value is -1.21. The molecule has 0 radical (unpaired) electrons. The van der Waals surface area contributed by atoms with Crippen LogP contribution >= 0.6 is 27.3 Å². The van der Waals surface area contributed by atoms with Gasteiger partial charge in [-0.3, -0.25) is 4.79 Å². The Morgan fingerprint density at radius 1 is 1.39 bits per heavy atom.